The standard InChI is InChI=1S/C25H28N2/c1-3-7-21(8-4-1)19-26-25-15-17-27(18-16-25)20-22-11-13-24(14-12-22)23-9-5-2-6-10-23/h1-14,25-26H,15-20H2. The summed E-state index contributed by atoms with van der Waals surface area (Å²) in [5, 5.41) is 3.72. The van der Waals surface area contributed by atoms with Crippen molar-refractivity contribution >= 4 is 0 Å². The molecule has 1 saturated heterocycles. The third-order valence-corrected chi connectivity index (χ3v) is 5.49. The highest BCUT2D eigenvalue weighted by molar-refractivity contribution is 5.63. The molecule has 0 bridgehead atoms. The molecule has 1 aliphatic rings. The first-order valence-electron chi connectivity index (χ1n) is 10.0. The minimum absolute atomic E-state index is 0.641. The first-order valence-corrected chi connectivity index (χ1v) is 10.0. The van der Waals surface area contributed by atoms with E-state index in [1.807, 2.05) is 0 Å². The second-order valence-corrected chi connectivity index (χ2v) is 7.48. The zero-order chi connectivity index (χ0) is 18.3. The summed E-state index contributed by atoms with van der Waals surface area (Å²) in [4.78, 5) is 2.58. The predicted molar refractivity (Wildman–Crippen MR) is 113 cm³/mol. The Morgan fingerprint density at radius 3 is 1.93 bits per heavy atom. The Kier molecular flexibility index (Phi) is 5.98. The molecule has 0 unspecified atom stereocenters. The average Bonchev–Trinajstić information content (AvgIpc) is 2.75. The lowest BCUT2D eigenvalue weighted by molar-refractivity contribution is 0.190. The lowest BCUT2D eigenvalue weighted by Crippen LogP contribution is -2.41. The van der Waals surface area contributed by atoms with Gasteiger partial charge in [-0.05, 0) is 48.2 Å². The zero-order valence-corrected chi connectivity index (χ0v) is 15.9. The van der Waals surface area contributed by atoms with Crippen molar-refractivity contribution in [2.75, 3.05) is 13.1 Å². The van der Waals surface area contributed by atoms with Gasteiger partial charge in [-0.15, -0.1) is 0 Å². The number of nitrogens with one attached hydrogen (secondary N) is 1. The quantitative estimate of drug-likeness (QED) is 0.660. The molecule has 2 heteroatoms. The van der Waals surface area contributed by atoms with E-state index in [1.165, 1.54) is 48.2 Å². The van der Waals surface area contributed by atoms with Gasteiger partial charge >= 0.3 is 0 Å². The van der Waals surface area contributed by atoms with Crippen LogP contribution in [0.1, 0.15) is 24.0 Å². The van der Waals surface area contributed by atoms with Crippen LogP contribution in [0.25, 0.3) is 11.1 Å². The van der Waals surface area contributed by atoms with Crippen LogP contribution in [0.4, 0.5) is 0 Å². The van der Waals surface area contributed by atoms with Crippen LogP contribution < -0.4 is 5.32 Å². The van der Waals surface area contributed by atoms with Crippen LogP contribution in [0.5, 0.6) is 0 Å². The third kappa shape index (κ3) is 5.06. The highest BCUT2D eigenvalue weighted by Gasteiger charge is 2.18. The molecule has 27 heavy (non-hydrogen) atoms. The Bertz CT molecular complexity index is 804. The number of rotatable bonds is 6. The van der Waals surface area contributed by atoms with Gasteiger partial charge in [0.15, 0.2) is 0 Å². The van der Waals surface area contributed by atoms with Crippen molar-refractivity contribution in [3.8, 4) is 11.1 Å². The number of hydrogen-bond donors (Lipinski definition) is 1. The highest BCUT2D eigenvalue weighted by Crippen LogP contribution is 2.21. The largest absolute Gasteiger partial charge is 0.310 e. The molecule has 0 aliphatic carbocycles. The fourth-order valence-corrected chi connectivity index (χ4v) is 3.84. The van der Waals surface area contributed by atoms with E-state index in [2.05, 4.69) is 95.1 Å². The van der Waals surface area contributed by atoms with Crippen molar-refractivity contribution in [3.05, 3.63) is 96.1 Å². The number of piperidine rings is 1. The Balaban J connectivity index is 1.24. The van der Waals surface area contributed by atoms with Crippen LogP contribution in [0, 0.1) is 0 Å². The molecule has 3 aromatic rings. The van der Waals surface area contributed by atoms with E-state index in [0.717, 1.165) is 13.1 Å². The first kappa shape index (κ1) is 18.0. The van der Waals surface area contributed by atoms with E-state index in [-0.39, 0.29) is 0 Å². The Hall–Kier alpha value is -2.42. The molecule has 4 rings (SSSR count). The molecule has 3 aromatic carbocycles. The molecule has 0 aromatic heterocycles. The van der Waals surface area contributed by atoms with E-state index >= 15 is 0 Å². The maximum absolute atomic E-state index is 3.72. The van der Waals surface area contributed by atoms with Crippen molar-refractivity contribution in [3.63, 3.8) is 0 Å². The van der Waals surface area contributed by atoms with Gasteiger partial charge in [-0.3, -0.25) is 4.90 Å². The number of nitrogens with zero attached hydrogens (tertiary/aromatic N) is 1. The van der Waals surface area contributed by atoms with Gasteiger partial charge in [0, 0.05) is 19.1 Å². The fraction of sp³-hybridized carbons (Fsp3) is 0.280. The molecule has 1 heterocycles. The second kappa shape index (κ2) is 8.98. The van der Waals surface area contributed by atoms with Crippen molar-refractivity contribution in [2.45, 2.75) is 32.0 Å². The lowest BCUT2D eigenvalue weighted by Gasteiger charge is -2.32. The van der Waals surface area contributed by atoms with Gasteiger partial charge in [0.1, 0.15) is 0 Å². The smallest absolute Gasteiger partial charge is 0.0233 e. The molecule has 138 valence electrons. The molecule has 1 aliphatic heterocycles. The number of likely N-dealkylation sites (tertiary alicyclic amines) is 1. The molecular formula is C25H28N2. The lowest BCUT2D eigenvalue weighted by atomic mass is 10.0. The minimum atomic E-state index is 0.641. The topological polar surface area (TPSA) is 15.3 Å². The van der Waals surface area contributed by atoms with Gasteiger partial charge in [0.05, 0.1) is 0 Å². The van der Waals surface area contributed by atoms with E-state index in [1.54, 1.807) is 0 Å². The molecule has 0 spiro atoms. The Labute approximate surface area is 162 Å². The van der Waals surface area contributed by atoms with Crippen molar-refractivity contribution in [2.24, 2.45) is 0 Å². The summed E-state index contributed by atoms with van der Waals surface area (Å²) in [6, 6.07) is 31.0. The SMILES string of the molecule is c1ccc(CNC2CCN(Cc3ccc(-c4ccccc4)cc3)CC2)cc1. The van der Waals surface area contributed by atoms with E-state index in [0.29, 0.717) is 6.04 Å². The number of benzene rings is 3. The Morgan fingerprint density at radius 2 is 1.26 bits per heavy atom. The van der Waals surface area contributed by atoms with Crippen LogP contribution >= 0.6 is 0 Å². The molecule has 0 saturated carbocycles. The molecule has 0 atom stereocenters. The van der Waals surface area contributed by atoms with Gasteiger partial charge in [-0.25, -0.2) is 0 Å². The third-order valence-electron chi connectivity index (χ3n) is 5.49. The minimum Gasteiger partial charge on any atom is -0.310 e. The van der Waals surface area contributed by atoms with Crippen molar-refractivity contribution in [1.29, 1.82) is 0 Å². The summed E-state index contributed by atoms with van der Waals surface area (Å²) >= 11 is 0. The molecular weight excluding hydrogens is 328 g/mol. The normalized spacial score (nSPS) is 15.7. The monoisotopic (exact) mass is 356 g/mol. The second-order valence-electron chi connectivity index (χ2n) is 7.48. The summed E-state index contributed by atoms with van der Waals surface area (Å²) in [5.41, 5.74) is 5.36. The van der Waals surface area contributed by atoms with Gasteiger partial charge in [-0.2, -0.15) is 0 Å². The Morgan fingerprint density at radius 1 is 0.667 bits per heavy atom. The zero-order valence-electron chi connectivity index (χ0n) is 15.9. The summed E-state index contributed by atoms with van der Waals surface area (Å²) in [7, 11) is 0. The molecule has 1 fully saturated rings. The summed E-state index contributed by atoms with van der Waals surface area (Å²) in [6.07, 6.45) is 2.46. The molecule has 1 N–H and O–H groups in total. The molecule has 0 radical (unpaired) electrons. The van der Waals surface area contributed by atoms with Crippen molar-refractivity contribution in [1.82, 2.24) is 10.2 Å². The van der Waals surface area contributed by atoms with Crippen molar-refractivity contribution < 1.29 is 0 Å². The molecule has 0 amide bonds. The van der Waals surface area contributed by atoms with E-state index in [9.17, 15) is 0 Å². The van der Waals surface area contributed by atoms with Crippen LogP contribution in [0.3, 0.4) is 0 Å². The van der Waals surface area contributed by atoms with Crippen LogP contribution in [0.15, 0.2) is 84.9 Å². The summed E-state index contributed by atoms with van der Waals surface area (Å²) in [6.45, 7) is 4.38. The average molecular weight is 357 g/mol. The van der Waals surface area contributed by atoms with Gasteiger partial charge in [0.2, 0.25) is 0 Å². The van der Waals surface area contributed by atoms with Gasteiger partial charge in [-0.1, -0.05) is 84.9 Å². The maximum Gasteiger partial charge on any atom is 0.0233 e. The van der Waals surface area contributed by atoms with Gasteiger partial charge < -0.3 is 5.32 Å². The van der Waals surface area contributed by atoms with Crippen LogP contribution in [-0.4, -0.2) is 24.0 Å². The summed E-state index contributed by atoms with van der Waals surface area (Å²) in [5.74, 6) is 0. The van der Waals surface area contributed by atoms with E-state index < -0.39 is 0 Å². The predicted octanol–water partition coefficient (Wildman–Crippen LogP) is 5.11. The van der Waals surface area contributed by atoms with E-state index in [4.69, 9.17) is 0 Å². The molecule has 2 nitrogen and oxygen atoms in total. The fourth-order valence-electron chi connectivity index (χ4n) is 3.84. The van der Waals surface area contributed by atoms with Gasteiger partial charge in [0.25, 0.3) is 0 Å². The number of hydrogen-bond acceptors (Lipinski definition) is 2. The first-order chi connectivity index (χ1) is 13.4. The maximum atomic E-state index is 3.72. The summed E-state index contributed by atoms with van der Waals surface area (Å²) < 4.78 is 0. The highest BCUT2D eigenvalue weighted by atomic mass is 15.1. The van der Waals surface area contributed by atoms with Crippen LogP contribution in [-0.2, 0) is 13.1 Å². The van der Waals surface area contributed by atoms with Crippen LogP contribution in [0.2, 0.25) is 0 Å².